The van der Waals surface area contributed by atoms with Crippen LogP contribution >= 0.6 is 0 Å². The third-order valence-corrected chi connectivity index (χ3v) is 4.16. The van der Waals surface area contributed by atoms with Crippen LogP contribution in [0.4, 0.5) is 11.4 Å². The van der Waals surface area contributed by atoms with Crippen LogP contribution in [0.2, 0.25) is 0 Å². The van der Waals surface area contributed by atoms with Crippen LogP contribution in [0, 0.1) is 5.92 Å². The van der Waals surface area contributed by atoms with Gasteiger partial charge < -0.3 is 15.5 Å². The van der Waals surface area contributed by atoms with Crippen LogP contribution in [-0.4, -0.2) is 32.5 Å². The molecular weight excluding hydrogens is 338 g/mol. The van der Waals surface area contributed by atoms with Gasteiger partial charge in [-0.25, -0.2) is 0 Å². The molecule has 0 saturated carbocycles. The maximum Gasteiger partial charge on any atom is 0.224 e. The molecule has 0 aliphatic carbocycles. The average molecular weight is 380 g/mol. The maximum absolute atomic E-state index is 12.0. The highest BCUT2D eigenvalue weighted by molar-refractivity contribution is 5.99. The molecule has 0 aromatic heterocycles. The third kappa shape index (κ3) is 13.0. The van der Waals surface area contributed by atoms with E-state index in [9.17, 15) is 9.59 Å². The average Bonchev–Trinajstić information content (AvgIpc) is 2.69. The lowest BCUT2D eigenvalue weighted by molar-refractivity contribution is -0.117. The Hall–Kier alpha value is -1.88. The van der Waals surface area contributed by atoms with Crippen molar-refractivity contribution < 1.29 is 9.59 Å². The lowest BCUT2D eigenvalue weighted by Gasteiger charge is -2.19. The largest absolute Gasteiger partial charge is 0.324 e. The van der Waals surface area contributed by atoms with E-state index in [4.69, 9.17) is 0 Å². The molecule has 5 nitrogen and oxygen atoms in total. The molecule has 0 fully saturated rings. The van der Waals surface area contributed by atoms with Crippen LogP contribution in [0.15, 0.2) is 24.3 Å². The lowest BCUT2D eigenvalue weighted by atomic mass is 10.0. The molecule has 1 rings (SSSR count). The monoisotopic (exact) mass is 379 g/mol. The van der Waals surface area contributed by atoms with Gasteiger partial charge in [0.15, 0.2) is 0 Å². The molecule has 0 heterocycles. The summed E-state index contributed by atoms with van der Waals surface area (Å²) in [6.07, 6.45) is 3.63. The summed E-state index contributed by atoms with van der Waals surface area (Å²) in [5.41, 5.74) is 1.41. The second kappa shape index (κ2) is 17.5. The fraction of sp³-hybridized carbons (Fsp3) is 0.636. The van der Waals surface area contributed by atoms with E-state index < -0.39 is 0 Å². The zero-order valence-corrected chi connectivity index (χ0v) is 18.7. The summed E-state index contributed by atoms with van der Waals surface area (Å²) in [4.78, 5) is 25.0. The van der Waals surface area contributed by atoms with E-state index in [1.165, 1.54) is 11.8 Å². The van der Waals surface area contributed by atoms with Crippen LogP contribution in [0.5, 0.6) is 0 Å². The van der Waals surface area contributed by atoms with Crippen molar-refractivity contribution in [2.45, 2.75) is 67.2 Å². The van der Waals surface area contributed by atoms with Crippen molar-refractivity contribution in [2.75, 3.05) is 30.9 Å². The zero-order valence-electron chi connectivity index (χ0n) is 18.7. The fourth-order valence-electron chi connectivity index (χ4n) is 2.07. The Morgan fingerprint density at radius 3 is 2.19 bits per heavy atom. The minimum Gasteiger partial charge on any atom is -0.324 e. The Morgan fingerprint density at radius 1 is 1.15 bits per heavy atom. The van der Waals surface area contributed by atoms with Gasteiger partial charge in [-0.15, -0.1) is 0 Å². The minimum absolute atomic E-state index is 0.00250. The molecule has 0 bridgehead atoms. The number of hydrogen-bond donors (Lipinski definition) is 2. The number of benzene rings is 1. The molecule has 2 N–H and O–H groups in total. The molecule has 0 spiro atoms. The molecule has 1 atom stereocenters. The van der Waals surface area contributed by atoms with E-state index >= 15 is 0 Å². The molecular formula is C22H41N3O2. The SMILES string of the molecule is CC.CCC(C)CCCC(=O)Nc1ccccc1N(C)C(C)=O.CCNC. The first-order chi connectivity index (χ1) is 12.9. The molecule has 1 aromatic carbocycles. The number of carbonyl (C=O) groups excluding carboxylic acids is 2. The predicted octanol–water partition coefficient (Wildman–Crippen LogP) is 5.08. The van der Waals surface area contributed by atoms with Crippen LogP contribution in [0.25, 0.3) is 0 Å². The van der Waals surface area contributed by atoms with Crippen LogP contribution < -0.4 is 15.5 Å². The highest BCUT2D eigenvalue weighted by Crippen LogP contribution is 2.25. The van der Waals surface area contributed by atoms with Crippen LogP contribution in [0.3, 0.4) is 0 Å². The van der Waals surface area contributed by atoms with Gasteiger partial charge >= 0.3 is 0 Å². The highest BCUT2D eigenvalue weighted by Gasteiger charge is 2.12. The van der Waals surface area contributed by atoms with Crippen molar-refractivity contribution in [2.24, 2.45) is 5.92 Å². The number of amides is 2. The molecule has 27 heavy (non-hydrogen) atoms. The Balaban J connectivity index is 0. The summed E-state index contributed by atoms with van der Waals surface area (Å²) in [5.74, 6) is 0.602. The first-order valence-corrected chi connectivity index (χ1v) is 10.1. The molecule has 0 saturated heterocycles. The topological polar surface area (TPSA) is 61.4 Å². The van der Waals surface area contributed by atoms with Gasteiger partial charge in [-0.1, -0.05) is 59.6 Å². The first kappa shape index (κ1) is 27.3. The highest BCUT2D eigenvalue weighted by atomic mass is 16.2. The fourth-order valence-corrected chi connectivity index (χ4v) is 2.07. The Labute approximate surface area is 166 Å². The van der Waals surface area contributed by atoms with E-state index in [0.29, 0.717) is 18.0 Å². The molecule has 5 heteroatoms. The smallest absolute Gasteiger partial charge is 0.224 e. The summed E-state index contributed by atoms with van der Waals surface area (Å²) < 4.78 is 0. The summed E-state index contributed by atoms with van der Waals surface area (Å²) in [6.45, 7) is 13.0. The van der Waals surface area contributed by atoms with Gasteiger partial charge in [0.1, 0.15) is 0 Å². The number of carbonyl (C=O) groups is 2. The Morgan fingerprint density at radius 2 is 1.70 bits per heavy atom. The Kier molecular flexibility index (Phi) is 17.8. The maximum atomic E-state index is 12.0. The van der Waals surface area contributed by atoms with E-state index in [-0.39, 0.29) is 11.8 Å². The number of nitrogens with one attached hydrogen (secondary N) is 2. The van der Waals surface area contributed by atoms with Crippen molar-refractivity contribution in [3.05, 3.63) is 24.3 Å². The summed E-state index contributed by atoms with van der Waals surface area (Å²) in [6, 6.07) is 7.36. The quantitative estimate of drug-likeness (QED) is 0.662. The van der Waals surface area contributed by atoms with Gasteiger partial charge in [-0.3, -0.25) is 9.59 Å². The summed E-state index contributed by atoms with van der Waals surface area (Å²) >= 11 is 0. The predicted molar refractivity (Wildman–Crippen MR) is 118 cm³/mol. The van der Waals surface area contributed by atoms with E-state index in [1.54, 1.807) is 7.05 Å². The molecule has 2 amide bonds. The summed E-state index contributed by atoms with van der Waals surface area (Å²) in [5, 5.41) is 5.84. The van der Waals surface area contributed by atoms with Crippen molar-refractivity contribution in [1.29, 1.82) is 0 Å². The van der Waals surface area contributed by atoms with Gasteiger partial charge in [0.2, 0.25) is 11.8 Å². The summed E-state index contributed by atoms with van der Waals surface area (Å²) in [7, 11) is 3.64. The van der Waals surface area contributed by atoms with Gasteiger partial charge in [-0.2, -0.15) is 0 Å². The van der Waals surface area contributed by atoms with Crippen LogP contribution in [0.1, 0.15) is 67.2 Å². The second-order valence-corrected chi connectivity index (χ2v) is 6.26. The number of rotatable bonds is 8. The van der Waals surface area contributed by atoms with E-state index in [1.807, 2.05) is 45.2 Å². The van der Waals surface area contributed by atoms with E-state index in [2.05, 4.69) is 31.4 Å². The lowest BCUT2D eigenvalue weighted by Crippen LogP contribution is -2.24. The number of anilines is 2. The van der Waals surface area contributed by atoms with Gasteiger partial charge in [0.25, 0.3) is 0 Å². The molecule has 1 unspecified atom stereocenters. The first-order valence-electron chi connectivity index (χ1n) is 10.1. The second-order valence-electron chi connectivity index (χ2n) is 6.26. The van der Waals surface area contributed by atoms with Crippen molar-refractivity contribution in [3.63, 3.8) is 0 Å². The number of para-hydroxylation sites is 2. The minimum atomic E-state index is -0.0616. The molecule has 156 valence electrons. The van der Waals surface area contributed by atoms with Crippen LogP contribution in [-0.2, 0) is 9.59 Å². The normalized spacial score (nSPS) is 10.5. The van der Waals surface area contributed by atoms with Crippen molar-refractivity contribution in [1.82, 2.24) is 5.32 Å². The van der Waals surface area contributed by atoms with Crippen molar-refractivity contribution >= 4 is 23.2 Å². The van der Waals surface area contributed by atoms with Gasteiger partial charge in [0.05, 0.1) is 11.4 Å². The number of hydrogen-bond acceptors (Lipinski definition) is 3. The zero-order chi connectivity index (χ0) is 21.2. The molecule has 1 aromatic rings. The van der Waals surface area contributed by atoms with E-state index in [0.717, 1.165) is 31.5 Å². The third-order valence-electron chi connectivity index (χ3n) is 4.16. The van der Waals surface area contributed by atoms with Gasteiger partial charge in [-0.05, 0) is 38.1 Å². The number of nitrogens with zero attached hydrogens (tertiary/aromatic N) is 1. The standard InChI is InChI=1S/C17H26N2O2.C3H9N.C2H6/c1-5-13(2)9-8-12-17(21)18-15-10-6-7-11-16(15)19(4)14(3)20;1-3-4-2;1-2/h6-7,10-11,13H,5,8-9,12H2,1-4H3,(H,18,21);4H,3H2,1-2H3;1-2H3. The van der Waals surface area contributed by atoms with Crippen molar-refractivity contribution in [3.8, 4) is 0 Å². The Bertz CT molecular complexity index is 516. The molecule has 0 radical (unpaired) electrons. The molecule has 0 aliphatic rings. The molecule has 0 aliphatic heterocycles. The van der Waals surface area contributed by atoms with Gasteiger partial charge in [0, 0.05) is 20.4 Å².